The van der Waals surface area contributed by atoms with E-state index in [9.17, 15) is 18.0 Å². The second-order valence-corrected chi connectivity index (χ2v) is 6.50. The number of carboxylic acid groups (broad SMARTS) is 1. The number of carboxylic acids is 1. The average molecular weight is 263 g/mol. The van der Waals surface area contributed by atoms with Gasteiger partial charge in [0.2, 0.25) is 5.91 Å². The van der Waals surface area contributed by atoms with Gasteiger partial charge in [0, 0.05) is 13.0 Å². The van der Waals surface area contributed by atoms with Crippen molar-refractivity contribution < 1.29 is 23.1 Å². The van der Waals surface area contributed by atoms with E-state index in [-0.39, 0.29) is 36.3 Å². The fourth-order valence-corrected chi connectivity index (χ4v) is 3.81. The second kappa shape index (κ2) is 5.48. The van der Waals surface area contributed by atoms with Gasteiger partial charge in [0.25, 0.3) is 0 Å². The fourth-order valence-electron chi connectivity index (χ4n) is 1.95. The monoisotopic (exact) mass is 263 g/mol. The van der Waals surface area contributed by atoms with Crippen LogP contribution >= 0.6 is 0 Å². The molecule has 1 rings (SSSR count). The van der Waals surface area contributed by atoms with Crippen molar-refractivity contribution >= 4 is 21.7 Å². The molecule has 7 heteroatoms. The normalized spacial score (nSPS) is 22.3. The van der Waals surface area contributed by atoms with Crippen molar-refractivity contribution in [2.45, 2.75) is 19.8 Å². The fraction of sp³-hybridized carbons (Fsp3) is 0.800. The Hall–Kier alpha value is -1.11. The van der Waals surface area contributed by atoms with Gasteiger partial charge in [-0.15, -0.1) is 0 Å². The van der Waals surface area contributed by atoms with Crippen molar-refractivity contribution in [3.8, 4) is 0 Å². The minimum Gasteiger partial charge on any atom is -0.480 e. The Labute approximate surface area is 101 Å². The van der Waals surface area contributed by atoms with Crippen LogP contribution in [0.5, 0.6) is 0 Å². The molecular formula is C10H17NO5S. The Morgan fingerprint density at radius 1 is 1.41 bits per heavy atom. The zero-order valence-electron chi connectivity index (χ0n) is 9.76. The van der Waals surface area contributed by atoms with Crippen molar-refractivity contribution in [2.75, 3.05) is 24.6 Å². The highest BCUT2D eigenvalue weighted by Gasteiger charge is 2.30. The molecule has 0 saturated carbocycles. The van der Waals surface area contributed by atoms with Crippen molar-refractivity contribution in [3.05, 3.63) is 0 Å². The van der Waals surface area contributed by atoms with Crippen LogP contribution in [0.3, 0.4) is 0 Å². The Bertz CT molecular complexity index is 403. The van der Waals surface area contributed by atoms with E-state index in [1.165, 1.54) is 4.90 Å². The molecule has 1 saturated heterocycles. The first-order valence-electron chi connectivity index (χ1n) is 5.54. The molecule has 1 fully saturated rings. The summed E-state index contributed by atoms with van der Waals surface area (Å²) in [4.78, 5) is 23.5. The SMILES string of the molecule is CCN(CC(=O)O)C(=O)CC1CCS(=O)(=O)C1. The predicted octanol–water partition coefficient (Wildman–Crippen LogP) is -0.256. The van der Waals surface area contributed by atoms with Crippen LogP contribution in [0.25, 0.3) is 0 Å². The minimum absolute atomic E-state index is 0.0450. The molecule has 0 bridgehead atoms. The Kier molecular flexibility index (Phi) is 4.50. The molecule has 0 aliphatic carbocycles. The Morgan fingerprint density at radius 3 is 2.47 bits per heavy atom. The number of carbonyl (C=O) groups excluding carboxylic acids is 1. The molecule has 0 aromatic carbocycles. The second-order valence-electron chi connectivity index (χ2n) is 4.27. The van der Waals surface area contributed by atoms with Gasteiger partial charge in [0.05, 0.1) is 11.5 Å². The summed E-state index contributed by atoms with van der Waals surface area (Å²) >= 11 is 0. The van der Waals surface area contributed by atoms with Gasteiger partial charge in [-0.25, -0.2) is 8.42 Å². The first kappa shape index (κ1) is 14.0. The molecule has 1 heterocycles. The lowest BCUT2D eigenvalue weighted by molar-refractivity contribution is -0.144. The van der Waals surface area contributed by atoms with Crippen molar-refractivity contribution in [1.29, 1.82) is 0 Å². The number of nitrogens with zero attached hydrogens (tertiary/aromatic N) is 1. The van der Waals surface area contributed by atoms with E-state index < -0.39 is 15.8 Å². The lowest BCUT2D eigenvalue weighted by atomic mass is 10.0. The lowest BCUT2D eigenvalue weighted by Gasteiger charge is -2.20. The summed E-state index contributed by atoms with van der Waals surface area (Å²) in [7, 11) is -2.98. The van der Waals surface area contributed by atoms with E-state index in [0.717, 1.165) is 0 Å². The number of amides is 1. The molecule has 1 atom stereocenters. The van der Waals surface area contributed by atoms with E-state index >= 15 is 0 Å². The van der Waals surface area contributed by atoms with Crippen molar-refractivity contribution in [2.24, 2.45) is 5.92 Å². The first-order valence-corrected chi connectivity index (χ1v) is 7.36. The van der Waals surface area contributed by atoms with Crippen LogP contribution in [0.15, 0.2) is 0 Å². The zero-order valence-corrected chi connectivity index (χ0v) is 10.6. The van der Waals surface area contributed by atoms with Crippen LogP contribution in [-0.2, 0) is 19.4 Å². The molecule has 1 aliphatic rings. The number of carbonyl (C=O) groups is 2. The van der Waals surface area contributed by atoms with Crippen LogP contribution in [0.4, 0.5) is 0 Å². The summed E-state index contributed by atoms with van der Waals surface area (Å²) in [5.41, 5.74) is 0. The quantitative estimate of drug-likeness (QED) is 0.738. The van der Waals surface area contributed by atoms with Crippen LogP contribution in [0.1, 0.15) is 19.8 Å². The molecule has 98 valence electrons. The van der Waals surface area contributed by atoms with Gasteiger partial charge in [-0.3, -0.25) is 9.59 Å². The highest BCUT2D eigenvalue weighted by atomic mass is 32.2. The predicted molar refractivity (Wildman–Crippen MR) is 61.3 cm³/mol. The maximum Gasteiger partial charge on any atom is 0.323 e. The largest absolute Gasteiger partial charge is 0.480 e. The number of hydrogen-bond acceptors (Lipinski definition) is 4. The minimum atomic E-state index is -2.98. The summed E-state index contributed by atoms with van der Waals surface area (Å²) in [6.45, 7) is 1.70. The van der Waals surface area contributed by atoms with Gasteiger partial charge in [0.15, 0.2) is 9.84 Å². The highest BCUT2D eigenvalue weighted by molar-refractivity contribution is 7.91. The van der Waals surface area contributed by atoms with Crippen molar-refractivity contribution in [1.82, 2.24) is 4.90 Å². The molecule has 1 aliphatic heterocycles. The zero-order chi connectivity index (χ0) is 13.1. The number of rotatable bonds is 5. The molecule has 0 radical (unpaired) electrons. The van der Waals surface area contributed by atoms with Gasteiger partial charge in [-0.1, -0.05) is 0 Å². The number of likely N-dealkylation sites (N-methyl/N-ethyl adjacent to an activating group) is 1. The molecule has 1 amide bonds. The summed E-state index contributed by atoms with van der Waals surface area (Å²) in [5.74, 6) is -1.31. The molecule has 0 spiro atoms. The summed E-state index contributed by atoms with van der Waals surface area (Å²) in [6.07, 6.45) is 0.624. The Balaban J connectivity index is 2.51. The lowest BCUT2D eigenvalue weighted by Crippen LogP contribution is -2.36. The molecule has 0 aromatic heterocycles. The van der Waals surface area contributed by atoms with E-state index in [0.29, 0.717) is 13.0 Å². The molecule has 17 heavy (non-hydrogen) atoms. The summed E-state index contributed by atoms with van der Waals surface area (Å²) < 4.78 is 22.4. The Morgan fingerprint density at radius 2 is 2.06 bits per heavy atom. The third-order valence-electron chi connectivity index (χ3n) is 2.85. The number of hydrogen-bond donors (Lipinski definition) is 1. The topological polar surface area (TPSA) is 91.8 Å². The number of aliphatic carboxylic acids is 1. The molecule has 6 nitrogen and oxygen atoms in total. The summed E-state index contributed by atoms with van der Waals surface area (Å²) in [6, 6.07) is 0. The highest BCUT2D eigenvalue weighted by Crippen LogP contribution is 2.22. The third-order valence-corrected chi connectivity index (χ3v) is 4.69. The van der Waals surface area contributed by atoms with E-state index in [4.69, 9.17) is 5.11 Å². The number of sulfone groups is 1. The van der Waals surface area contributed by atoms with Gasteiger partial charge in [-0.2, -0.15) is 0 Å². The van der Waals surface area contributed by atoms with E-state index in [1.54, 1.807) is 6.92 Å². The van der Waals surface area contributed by atoms with E-state index in [2.05, 4.69) is 0 Å². The maximum absolute atomic E-state index is 11.7. The molecular weight excluding hydrogens is 246 g/mol. The van der Waals surface area contributed by atoms with Crippen LogP contribution in [-0.4, -0.2) is 54.9 Å². The standard InChI is InChI=1S/C10H17NO5S/c1-2-11(6-10(13)14)9(12)5-8-3-4-17(15,16)7-8/h8H,2-7H2,1H3,(H,13,14). The van der Waals surface area contributed by atoms with E-state index in [1.807, 2.05) is 0 Å². The van der Waals surface area contributed by atoms with Crippen molar-refractivity contribution in [3.63, 3.8) is 0 Å². The smallest absolute Gasteiger partial charge is 0.323 e. The van der Waals surface area contributed by atoms with Crippen LogP contribution < -0.4 is 0 Å². The third kappa shape index (κ3) is 4.33. The van der Waals surface area contributed by atoms with Crippen LogP contribution in [0.2, 0.25) is 0 Å². The first-order chi connectivity index (χ1) is 7.84. The van der Waals surface area contributed by atoms with Gasteiger partial charge in [0.1, 0.15) is 6.54 Å². The molecule has 1 N–H and O–H groups in total. The van der Waals surface area contributed by atoms with Gasteiger partial charge in [-0.05, 0) is 19.3 Å². The van der Waals surface area contributed by atoms with Gasteiger partial charge < -0.3 is 10.0 Å². The van der Waals surface area contributed by atoms with Crippen LogP contribution in [0, 0.1) is 5.92 Å². The van der Waals surface area contributed by atoms with Gasteiger partial charge >= 0.3 is 5.97 Å². The maximum atomic E-state index is 11.7. The molecule has 0 aromatic rings. The average Bonchev–Trinajstić information content (AvgIpc) is 2.54. The summed E-state index contributed by atoms with van der Waals surface area (Å²) in [5, 5.41) is 8.62. The molecule has 1 unspecified atom stereocenters.